The lowest BCUT2D eigenvalue weighted by Gasteiger charge is -2.36. The second-order valence-electron chi connectivity index (χ2n) is 11.4. The molecular formula is C42H41BN2Si. The largest absolute Gasteiger partial charge is 0.326 e. The maximum atomic E-state index is 5.67. The van der Waals surface area contributed by atoms with Gasteiger partial charge in [0, 0.05) is 12.4 Å². The van der Waals surface area contributed by atoms with Crippen LogP contribution in [0.4, 0.5) is 0 Å². The molecule has 6 rings (SSSR count). The number of nitrogens with zero attached hydrogens (tertiary/aromatic N) is 2. The van der Waals surface area contributed by atoms with Crippen molar-refractivity contribution in [3.05, 3.63) is 198 Å². The average Bonchev–Trinajstić information content (AvgIpc) is 3.67. The van der Waals surface area contributed by atoms with Gasteiger partial charge in [0.1, 0.15) is 17.4 Å². The minimum atomic E-state index is -0.320. The molecule has 5 aromatic carbocycles. The van der Waals surface area contributed by atoms with Crippen molar-refractivity contribution in [3.63, 3.8) is 0 Å². The van der Waals surface area contributed by atoms with E-state index in [0.29, 0.717) is 9.52 Å². The molecule has 0 saturated heterocycles. The monoisotopic (exact) mass is 612 g/mol. The van der Waals surface area contributed by atoms with E-state index in [1.807, 2.05) is 48.9 Å². The number of imidazole rings is 1. The standard InChI is InChI=1S/C28H30N2Si.C14H11B/c1-2-3-4-7-13-24-14-12-19-27(22-24)31-28(30-21-20-29-23-30,25-15-8-5-9-16-25)26-17-10-6-11-18-26;15-11-14(12-7-3-1-4-8-12)13-9-5-2-6-10-13/h5-6,8-12,14-23H,2-4,7,13H2,1H3;1-11H. The van der Waals surface area contributed by atoms with Gasteiger partial charge >= 0.3 is 0 Å². The molecule has 0 aliphatic rings. The van der Waals surface area contributed by atoms with Crippen molar-refractivity contribution in [1.82, 2.24) is 9.55 Å². The molecule has 6 aromatic rings. The zero-order valence-electron chi connectivity index (χ0n) is 26.7. The van der Waals surface area contributed by atoms with Gasteiger partial charge in [-0.25, -0.2) is 4.98 Å². The van der Waals surface area contributed by atoms with Crippen molar-refractivity contribution < 1.29 is 0 Å². The number of rotatable bonds is 12. The Hall–Kier alpha value is -4.67. The van der Waals surface area contributed by atoms with E-state index in [9.17, 15) is 0 Å². The summed E-state index contributed by atoms with van der Waals surface area (Å²) in [5, 5.41) is 1.06. The molecule has 2 nitrogen and oxygen atoms in total. The van der Waals surface area contributed by atoms with Crippen LogP contribution < -0.4 is 5.19 Å². The summed E-state index contributed by atoms with van der Waals surface area (Å²) in [6, 6.07) is 51.2. The van der Waals surface area contributed by atoms with E-state index < -0.39 is 0 Å². The Morgan fingerprint density at radius 2 is 1.26 bits per heavy atom. The van der Waals surface area contributed by atoms with Crippen LogP contribution in [0.15, 0.2) is 170 Å². The van der Waals surface area contributed by atoms with Crippen molar-refractivity contribution in [2.75, 3.05) is 0 Å². The number of unbranched alkanes of at least 4 members (excludes halogenated alkanes) is 3. The first-order valence-corrected chi connectivity index (χ1v) is 17.2. The molecule has 0 aliphatic carbocycles. The molecule has 0 bridgehead atoms. The zero-order chi connectivity index (χ0) is 31.9. The third kappa shape index (κ3) is 8.32. The average molecular weight is 613 g/mol. The van der Waals surface area contributed by atoms with E-state index in [2.05, 4.69) is 132 Å². The highest BCUT2D eigenvalue weighted by Crippen LogP contribution is 2.33. The van der Waals surface area contributed by atoms with E-state index in [4.69, 9.17) is 7.85 Å². The zero-order valence-corrected chi connectivity index (χ0v) is 27.7. The van der Waals surface area contributed by atoms with Gasteiger partial charge in [-0.1, -0.05) is 177 Å². The maximum Gasteiger partial charge on any atom is 0.127 e. The molecule has 0 spiro atoms. The summed E-state index contributed by atoms with van der Waals surface area (Å²) in [6.45, 7) is 2.27. The lowest BCUT2D eigenvalue weighted by Crippen LogP contribution is -2.46. The summed E-state index contributed by atoms with van der Waals surface area (Å²) in [5.74, 6) is 1.66. The molecule has 0 atom stereocenters. The molecule has 0 unspecified atom stereocenters. The van der Waals surface area contributed by atoms with Crippen molar-refractivity contribution >= 4 is 28.1 Å². The number of aryl methyl sites for hydroxylation is 1. The van der Waals surface area contributed by atoms with Crippen LogP contribution in [0, 0.1) is 0 Å². The van der Waals surface area contributed by atoms with Crippen molar-refractivity contribution in [1.29, 1.82) is 0 Å². The molecule has 4 heteroatoms. The summed E-state index contributed by atoms with van der Waals surface area (Å²) in [5.41, 5.74) is 7.37. The van der Waals surface area contributed by atoms with Gasteiger partial charge in [-0.15, -0.1) is 5.98 Å². The fraction of sp³-hybridized carbons (Fsp3) is 0.167. The number of hydrogen-bond donors (Lipinski definition) is 0. The maximum absolute atomic E-state index is 5.67. The highest BCUT2D eigenvalue weighted by Gasteiger charge is 2.37. The minimum Gasteiger partial charge on any atom is -0.326 e. The number of hydrogen-bond acceptors (Lipinski definition) is 1. The fourth-order valence-corrected chi connectivity index (χ4v) is 7.59. The Labute approximate surface area is 279 Å². The van der Waals surface area contributed by atoms with Gasteiger partial charge < -0.3 is 4.57 Å². The normalized spacial score (nSPS) is 10.9. The first-order valence-electron chi connectivity index (χ1n) is 16.2. The van der Waals surface area contributed by atoms with Gasteiger partial charge in [0.25, 0.3) is 0 Å². The van der Waals surface area contributed by atoms with E-state index in [1.54, 1.807) is 5.98 Å². The summed E-state index contributed by atoms with van der Waals surface area (Å²) in [7, 11) is 6.21. The molecule has 0 N–H and O–H groups in total. The molecule has 0 fully saturated rings. The van der Waals surface area contributed by atoms with Crippen LogP contribution in [0.2, 0.25) is 0 Å². The SMILES string of the molecule is CCCCCCc1cccc([Si]C(c2ccccc2)(c2ccccc2)n2ccnc2)c1.[B]C=C(c1ccccc1)c1ccccc1. The van der Waals surface area contributed by atoms with E-state index in [0.717, 1.165) is 23.1 Å². The first-order chi connectivity index (χ1) is 22.7. The smallest absolute Gasteiger partial charge is 0.127 e. The second-order valence-corrected chi connectivity index (χ2v) is 12.9. The van der Waals surface area contributed by atoms with Gasteiger partial charge in [0.15, 0.2) is 0 Å². The third-order valence-electron chi connectivity index (χ3n) is 8.18. The summed E-state index contributed by atoms with van der Waals surface area (Å²) < 4.78 is 2.28. The van der Waals surface area contributed by atoms with Crippen LogP contribution >= 0.6 is 0 Å². The quantitative estimate of drug-likeness (QED) is 0.0996. The van der Waals surface area contributed by atoms with E-state index in [-0.39, 0.29) is 5.16 Å². The minimum absolute atomic E-state index is 0.320. The Kier molecular flexibility index (Phi) is 12.2. The van der Waals surface area contributed by atoms with Crippen LogP contribution in [-0.2, 0) is 11.6 Å². The Morgan fingerprint density at radius 3 is 1.76 bits per heavy atom. The van der Waals surface area contributed by atoms with Gasteiger partial charge in [0.2, 0.25) is 0 Å². The third-order valence-corrected chi connectivity index (χ3v) is 9.98. The number of benzene rings is 5. The van der Waals surface area contributed by atoms with Crippen molar-refractivity contribution in [3.8, 4) is 0 Å². The van der Waals surface area contributed by atoms with Crippen LogP contribution in [0.5, 0.6) is 0 Å². The van der Waals surface area contributed by atoms with Crippen molar-refractivity contribution in [2.24, 2.45) is 0 Å². The molecule has 0 aliphatic heterocycles. The summed E-state index contributed by atoms with van der Waals surface area (Å²) >= 11 is 0. The van der Waals surface area contributed by atoms with Gasteiger partial charge in [0.05, 0.1) is 11.5 Å². The van der Waals surface area contributed by atoms with E-state index >= 15 is 0 Å². The van der Waals surface area contributed by atoms with Crippen LogP contribution in [0.3, 0.4) is 0 Å². The predicted molar refractivity (Wildman–Crippen MR) is 197 cm³/mol. The molecule has 1 aromatic heterocycles. The van der Waals surface area contributed by atoms with Crippen LogP contribution in [0.25, 0.3) is 5.57 Å². The van der Waals surface area contributed by atoms with Crippen molar-refractivity contribution in [2.45, 2.75) is 44.2 Å². The molecule has 1 heterocycles. The highest BCUT2D eigenvalue weighted by atomic mass is 28.2. The lowest BCUT2D eigenvalue weighted by atomic mass is 9.92. The topological polar surface area (TPSA) is 17.8 Å². The molecule has 4 radical (unpaired) electrons. The lowest BCUT2D eigenvalue weighted by molar-refractivity contribution is 0.596. The van der Waals surface area contributed by atoms with Gasteiger partial charge in [-0.2, -0.15) is 0 Å². The molecular weight excluding hydrogens is 571 g/mol. The molecule has 46 heavy (non-hydrogen) atoms. The van der Waals surface area contributed by atoms with Gasteiger partial charge in [-0.3, -0.25) is 0 Å². The Bertz CT molecular complexity index is 1650. The predicted octanol–water partition coefficient (Wildman–Crippen LogP) is 9.03. The Morgan fingerprint density at radius 1 is 0.696 bits per heavy atom. The molecule has 226 valence electrons. The van der Waals surface area contributed by atoms with Gasteiger partial charge in [-0.05, 0) is 46.2 Å². The summed E-state index contributed by atoms with van der Waals surface area (Å²) in [4.78, 5) is 4.42. The van der Waals surface area contributed by atoms with E-state index in [1.165, 1.54) is 47.6 Å². The van der Waals surface area contributed by atoms with Crippen LogP contribution in [0.1, 0.15) is 60.4 Å². The number of aromatic nitrogens is 2. The molecule has 0 saturated carbocycles. The fourth-order valence-electron chi connectivity index (χ4n) is 5.85. The first kappa shape index (κ1) is 32.7. The Balaban J connectivity index is 0.000000232. The second kappa shape index (κ2) is 17.1. The van der Waals surface area contributed by atoms with Crippen LogP contribution in [-0.4, -0.2) is 26.9 Å². The molecule has 0 amide bonds. The summed E-state index contributed by atoms with van der Waals surface area (Å²) in [6.07, 6.45) is 12.3. The highest BCUT2D eigenvalue weighted by molar-refractivity contribution is 6.57.